The van der Waals surface area contributed by atoms with Crippen LogP contribution in [0.25, 0.3) is 0 Å². The number of carbonyl (C=O) groups excluding carboxylic acids is 1. The molecule has 4 rings (SSSR count). The minimum atomic E-state index is -0.312. The van der Waals surface area contributed by atoms with Gasteiger partial charge in [0.2, 0.25) is 0 Å². The van der Waals surface area contributed by atoms with E-state index in [1.165, 1.54) is 12.1 Å². The average Bonchev–Trinajstić information content (AvgIpc) is 3.18. The van der Waals surface area contributed by atoms with Crippen LogP contribution in [-0.4, -0.2) is 53.4 Å². The standard InChI is InChI=1S/C19H23FN4O2.ClH/c20-15-4-1-3-14(11-15)18-13-23(9-10-26-18)19(25)17-6-8-24(22-17)16-5-2-7-21-12-16;/h1,3-4,6,8,11,16,18,21H,2,5,7,9-10,12-13H2;1H. The Labute approximate surface area is 164 Å². The first kappa shape index (κ1) is 19.8. The van der Waals surface area contributed by atoms with Crippen LogP contribution < -0.4 is 5.32 Å². The van der Waals surface area contributed by atoms with E-state index in [1.54, 1.807) is 17.0 Å². The molecule has 0 spiro atoms. The topological polar surface area (TPSA) is 59.4 Å². The third-order valence-electron chi connectivity index (χ3n) is 5.05. The third kappa shape index (κ3) is 4.48. The summed E-state index contributed by atoms with van der Waals surface area (Å²) in [5, 5.41) is 7.87. The maximum Gasteiger partial charge on any atom is 0.274 e. The van der Waals surface area contributed by atoms with Crippen molar-refractivity contribution in [3.05, 3.63) is 53.6 Å². The quantitative estimate of drug-likeness (QED) is 0.869. The van der Waals surface area contributed by atoms with E-state index in [-0.39, 0.29) is 30.2 Å². The molecule has 8 heteroatoms. The van der Waals surface area contributed by atoms with E-state index in [4.69, 9.17) is 4.74 Å². The van der Waals surface area contributed by atoms with E-state index in [0.29, 0.717) is 31.4 Å². The third-order valence-corrected chi connectivity index (χ3v) is 5.05. The zero-order valence-electron chi connectivity index (χ0n) is 15.0. The van der Waals surface area contributed by atoms with Crippen molar-refractivity contribution in [1.82, 2.24) is 20.0 Å². The SMILES string of the molecule is Cl.O=C(c1ccn(C2CCCNC2)n1)N1CCOC(c2cccc(F)c2)C1. The van der Waals surface area contributed by atoms with E-state index < -0.39 is 0 Å². The van der Waals surface area contributed by atoms with Crippen molar-refractivity contribution >= 4 is 18.3 Å². The highest BCUT2D eigenvalue weighted by Crippen LogP contribution is 2.24. The van der Waals surface area contributed by atoms with Gasteiger partial charge in [0.1, 0.15) is 17.6 Å². The Bertz CT molecular complexity index is 779. The number of nitrogens with one attached hydrogen (secondary N) is 1. The number of hydrogen-bond acceptors (Lipinski definition) is 4. The van der Waals surface area contributed by atoms with Crippen LogP contribution in [0.15, 0.2) is 36.5 Å². The van der Waals surface area contributed by atoms with Crippen molar-refractivity contribution in [2.24, 2.45) is 0 Å². The van der Waals surface area contributed by atoms with Crippen LogP contribution in [0.2, 0.25) is 0 Å². The van der Waals surface area contributed by atoms with Crippen molar-refractivity contribution < 1.29 is 13.9 Å². The normalized spacial score (nSPS) is 22.9. The summed E-state index contributed by atoms with van der Waals surface area (Å²) in [4.78, 5) is 14.6. The van der Waals surface area contributed by atoms with Crippen LogP contribution in [0.1, 0.15) is 41.0 Å². The van der Waals surface area contributed by atoms with Gasteiger partial charge in [-0.25, -0.2) is 4.39 Å². The lowest BCUT2D eigenvalue weighted by molar-refractivity contribution is -0.0231. The molecular weight excluding hydrogens is 371 g/mol. The Morgan fingerprint density at radius 2 is 2.22 bits per heavy atom. The lowest BCUT2D eigenvalue weighted by atomic mass is 10.1. The van der Waals surface area contributed by atoms with E-state index in [2.05, 4.69) is 10.4 Å². The molecule has 146 valence electrons. The van der Waals surface area contributed by atoms with Gasteiger partial charge in [-0.3, -0.25) is 9.48 Å². The van der Waals surface area contributed by atoms with Crippen molar-refractivity contribution in [1.29, 1.82) is 0 Å². The molecule has 1 aromatic heterocycles. The zero-order valence-corrected chi connectivity index (χ0v) is 15.8. The molecule has 0 radical (unpaired) electrons. The monoisotopic (exact) mass is 394 g/mol. The van der Waals surface area contributed by atoms with Crippen LogP contribution in [0.3, 0.4) is 0 Å². The highest BCUT2D eigenvalue weighted by Gasteiger charge is 2.28. The second kappa shape index (κ2) is 8.82. The van der Waals surface area contributed by atoms with Crippen molar-refractivity contribution in [3.8, 4) is 0 Å². The Kier molecular flexibility index (Phi) is 6.46. The predicted octanol–water partition coefficient (Wildman–Crippen LogP) is 2.58. The van der Waals surface area contributed by atoms with Crippen molar-refractivity contribution in [3.63, 3.8) is 0 Å². The van der Waals surface area contributed by atoms with E-state index in [9.17, 15) is 9.18 Å². The molecule has 1 N–H and O–H groups in total. The van der Waals surface area contributed by atoms with E-state index in [0.717, 1.165) is 31.5 Å². The van der Waals surface area contributed by atoms with Gasteiger partial charge in [0, 0.05) is 19.3 Å². The molecule has 6 nitrogen and oxygen atoms in total. The Hall–Kier alpha value is -1.96. The summed E-state index contributed by atoms with van der Waals surface area (Å²) in [6, 6.07) is 8.44. The smallest absolute Gasteiger partial charge is 0.274 e. The molecule has 0 bridgehead atoms. The summed E-state index contributed by atoms with van der Waals surface area (Å²) in [6.45, 7) is 3.27. The molecule has 0 saturated carbocycles. The maximum atomic E-state index is 13.5. The Morgan fingerprint density at radius 3 is 3.00 bits per heavy atom. The number of rotatable bonds is 3. The maximum absolute atomic E-state index is 13.5. The van der Waals surface area contributed by atoms with Crippen LogP contribution in [0.5, 0.6) is 0 Å². The van der Waals surface area contributed by atoms with Gasteiger partial charge in [0.25, 0.3) is 5.91 Å². The van der Waals surface area contributed by atoms with Crippen LogP contribution in [0, 0.1) is 5.82 Å². The molecule has 2 aliphatic heterocycles. The lowest BCUT2D eigenvalue weighted by Gasteiger charge is -2.32. The fraction of sp³-hybridized carbons (Fsp3) is 0.474. The molecule has 2 saturated heterocycles. The predicted molar refractivity (Wildman–Crippen MR) is 102 cm³/mol. The molecule has 2 unspecified atom stereocenters. The van der Waals surface area contributed by atoms with Gasteiger partial charge in [0.05, 0.1) is 19.2 Å². The first-order valence-electron chi connectivity index (χ1n) is 9.13. The summed E-state index contributed by atoms with van der Waals surface area (Å²) < 4.78 is 21.1. The number of ether oxygens (including phenoxy) is 1. The fourth-order valence-corrected chi connectivity index (χ4v) is 3.62. The molecule has 27 heavy (non-hydrogen) atoms. The first-order valence-corrected chi connectivity index (χ1v) is 9.13. The average molecular weight is 395 g/mol. The molecule has 2 atom stereocenters. The van der Waals surface area contributed by atoms with Gasteiger partial charge < -0.3 is 15.0 Å². The zero-order chi connectivity index (χ0) is 17.9. The van der Waals surface area contributed by atoms with Crippen LogP contribution >= 0.6 is 12.4 Å². The first-order chi connectivity index (χ1) is 12.7. The number of halogens is 2. The van der Waals surface area contributed by atoms with Gasteiger partial charge >= 0.3 is 0 Å². The molecule has 3 heterocycles. The second-order valence-electron chi connectivity index (χ2n) is 6.85. The summed E-state index contributed by atoms with van der Waals surface area (Å²) in [7, 11) is 0. The minimum Gasteiger partial charge on any atom is -0.370 e. The molecule has 2 aromatic rings. The number of carbonyl (C=O) groups is 1. The molecule has 2 fully saturated rings. The Morgan fingerprint density at radius 1 is 1.33 bits per heavy atom. The van der Waals surface area contributed by atoms with E-state index in [1.807, 2.05) is 16.9 Å². The number of nitrogens with zero attached hydrogens (tertiary/aromatic N) is 3. The Balaban J connectivity index is 0.00000210. The largest absolute Gasteiger partial charge is 0.370 e. The van der Waals surface area contributed by atoms with Gasteiger partial charge in [0.15, 0.2) is 0 Å². The number of benzene rings is 1. The van der Waals surface area contributed by atoms with Gasteiger partial charge in [-0.1, -0.05) is 12.1 Å². The summed E-state index contributed by atoms with van der Waals surface area (Å²) in [5.74, 6) is -0.397. The molecule has 1 amide bonds. The van der Waals surface area contributed by atoms with Gasteiger partial charge in [-0.2, -0.15) is 5.10 Å². The fourth-order valence-electron chi connectivity index (χ4n) is 3.62. The van der Waals surface area contributed by atoms with Crippen molar-refractivity contribution in [2.75, 3.05) is 32.8 Å². The van der Waals surface area contributed by atoms with Gasteiger partial charge in [-0.15, -0.1) is 12.4 Å². The summed E-state index contributed by atoms with van der Waals surface area (Å²) >= 11 is 0. The number of morpholine rings is 1. The molecule has 1 aromatic carbocycles. The molecular formula is C19H24ClFN4O2. The van der Waals surface area contributed by atoms with Crippen LogP contribution in [-0.2, 0) is 4.74 Å². The molecule has 2 aliphatic rings. The minimum absolute atomic E-state index is 0. The number of hydrogen-bond donors (Lipinski definition) is 1. The highest BCUT2D eigenvalue weighted by molar-refractivity contribution is 5.92. The lowest BCUT2D eigenvalue weighted by Crippen LogP contribution is -2.42. The highest BCUT2D eigenvalue weighted by atomic mass is 35.5. The van der Waals surface area contributed by atoms with Crippen molar-refractivity contribution in [2.45, 2.75) is 25.0 Å². The second-order valence-corrected chi connectivity index (χ2v) is 6.85. The number of amides is 1. The summed E-state index contributed by atoms with van der Waals surface area (Å²) in [5.41, 5.74) is 1.21. The van der Waals surface area contributed by atoms with Gasteiger partial charge in [-0.05, 0) is 43.1 Å². The van der Waals surface area contributed by atoms with Crippen LogP contribution in [0.4, 0.5) is 4.39 Å². The number of piperidine rings is 1. The summed E-state index contributed by atoms with van der Waals surface area (Å²) in [6.07, 6.45) is 3.76. The number of aromatic nitrogens is 2. The molecule has 0 aliphatic carbocycles. The van der Waals surface area contributed by atoms with E-state index >= 15 is 0 Å².